The van der Waals surface area contributed by atoms with E-state index in [9.17, 15) is 14.9 Å². The van der Waals surface area contributed by atoms with Gasteiger partial charge in [-0.05, 0) is 24.6 Å². The summed E-state index contributed by atoms with van der Waals surface area (Å²) in [5, 5.41) is 13.7. The van der Waals surface area contributed by atoms with E-state index in [1.54, 1.807) is 0 Å². The Labute approximate surface area is 148 Å². The smallest absolute Gasteiger partial charge is 0.270 e. The maximum atomic E-state index is 11.8. The van der Waals surface area contributed by atoms with Crippen molar-refractivity contribution in [2.75, 3.05) is 5.32 Å². The number of carbonyl (C=O) groups is 1. The molecule has 0 saturated carbocycles. The number of carbonyl (C=O) groups excluding carboxylic acids is 1. The molecule has 0 saturated heterocycles. The molecule has 0 fully saturated rings. The molecule has 2 rings (SSSR count). The lowest BCUT2D eigenvalue weighted by Crippen LogP contribution is -2.11. The highest BCUT2D eigenvalue weighted by molar-refractivity contribution is 5.92. The summed E-state index contributed by atoms with van der Waals surface area (Å²) in [6, 6.07) is 13.5. The van der Waals surface area contributed by atoms with Crippen LogP contribution in [0.15, 0.2) is 48.5 Å². The van der Waals surface area contributed by atoms with E-state index in [1.165, 1.54) is 18.2 Å². The van der Waals surface area contributed by atoms with Crippen LogP contribution in [-0.2, 0) is 4.79 Å². The van der Waals surface area contributed by atoms with E-state index >= 15 is 0 Å². The first-order valence-electron chi connectivity index (χ1n) is 8.25. The van der Waals surface area contributed by atoms with Crippen molar-refractivity contribution in [3.63, 3.8) is 0 Å². The second-order valence-corrected chi connectivity index (χ2v) is 4.90. The molecule has 0 radical (unpaired) electrons. The van der Waals surface area contributed by atoms with Gasteiger partial charge in [-0.25, -0.2) is 0 Å². The molecule has 0 aromatic heterocycles. The van der Waals surface area contributed by atoms with Crippen molar-refractivity contribution in [1.82, 2.24) is 0 Å². The Morgan fingerprint density at radius 3 is 2.40 bits per heavy atom. The van der Waals surface area contributed by atoms with E-state index in [0.717, 1.165) is 12.0 Å². The summed E-state index contributed by atoms with van der Waals surface area (Å²) in [6.07, 6.45) is 1.12. The summed E-state index contributed by atoms with van der Waals surface area (Å²) < 4.78 is 0. The zero-order chi connectivity index (χ0) is 18.7. The molecule has 0 heterocycles. The van der Waals surface area contributed by atoms with Gasteiger partial charge in [0, 0.05) is 24.1 Å². The van der Waals surface area contributed by atoms with Crippen molar-refractivity contribution < 1.29 is 9.72 Å². The third kappa shape index (κ3) is 6.48. The van der Waals surface area contributed by atoms with Crippen molar-refractivity contribution in [2.24, 2.45) is 0 Å². The molecule has 0 atom stereocenters. The lowest BCUT2D eigenvalue weighted by Gasteiger charge is -2.06. The van der Waals surface area contributed by atoms with Crippen LogP contribution < -0.4 is 5.32 Å². The number of hydrogen-bond acceptors (Lipinski definition) is 3. The highest BCUT2D eigenvalue weighted by Crippen LogP contribution is 2.22. The van der Waals surface area contributed by atoms with Crippen LogP contribution in [0, 0.1) is 22.0 Å². The number of rotatable bonds is 4. The average molecular weight is 338 g/mol. The Kier molecular flexibility index (Phi) is 8.45. The predicted molar refractivity (Wildman–Crippen MR) is 100 cm³/mol. The molecule has 5 nitrogen and oxygen atoms in total. The molecule has 130 valence electrons. The standard InChI is InChI=1S/C18H16N2O3.C2H6/c1-2-6-18(21)19-17-12-11-16(20(22)23)13-15(17)10-9-14-7-4-3-5-8-14;1-2/h3-5,7-8,11-13H,2,6H2,1H3,(H,19,21);1-2H3. The Bertz CT molecular complexity index is 775. The van der Waals surface area contributed by atoms with Gasteiger partial charge in [0.05, 0.1) is 16.2 Å². The van der Waals surface area contributed by atoms with Crippen LogP contribution in [0.25, 0.3) is 0 Å². The molecule has 0 unspecified atom stereocenters. The molecule has 0 bridgehead atoms. The van der Waals surface area contributed by atoms with Gasteiger partial charge in [0.1, 0.15) is 0 Å². The molecule has 0 aliphatic rings. The minimum Gasteiger partial charge on any atom is -0.325 e. The molecule has 25 heavy (non-hydrogen) atoms. The topological polar surface area (TPSA) is 72.2 Å². The average Bonchev–Trinajstić information content (AvgIpc) is 2.63. The van der Waals surface area contributed by atoms with E-state index in [2.05, 4.69) is 17.2 Å². The summed E-state index contributed by atoms with van der Waals surface area (Å²) in [6.45, 7) is 5.91. The fourth-order valence-corrected chi connectivity index (χ4v) is 1.96. The number of benzene rings is 2. The van der Waals surface area contributed by atoms with E-state index in [1.807, 2.05) is 51.1 Å². The fraction of sp³-hybridized carbons (Fsp3) is 0.250. The van der Waals surface area contributed by atoms with Gasteiger partial charge >= 0.3 is 0 Å². The minimum absolute atomic E-state index is 0.0594. The van der Waals surface area contributed by atoms with Crippen molar-refractivity contribution in [3.8, 4) is 11.8 Å². The highest BCUT2D eigenvalue weighted by atomic mass is 16.6. The zero-order valence-corrected chi connectivity index (χ0v) is 14.7. The van der Waals surface area contributed by atoms with Gasteiger partial charge in [0.2, 0.25) is 5.91 Å². The first-order chi connectivity index (χ1) is 12.1. The Morgan fingerprint density at radius 1 is 1.12 bits per heavy atom. The molecule has 0 aliphatic heterocycles. The number of nitrogens with zero attached hydrogens (tertiary/aromatic N) is 1. The Hall–Kier alpha value is -3.13. The van der Waals surface area contributed by atoms with E-state index in [-0.39, 0.29) is 11.6 Å². The number of amides is 1. The second kappa shape index (κ2) is 10.6. The maximum absolute atomic E-state index is 11.8. The molecular weight excluding hydrogens is 316 g/mol. The van der Waals surface area contributed by atoms with Gasteiger partial charge in [-0.1, -0.05) is 50.8 Å². The summed E-state index contributed by atoms with van der Waals surface area (Å²) >= 11 is 0. The first-order valence-corrected chi connectivity index (χ1v) is 8.25. The maximum Gasteiger partial charge on any atom is 0.270 e. The Morgan fingerprint density at radius 2 is 1.80 bits per heavy atom. The Balaban J connectivity index is 0.00000151. The molecule has 1 N–H and O–H groups in total. The van der Waals surface area contributed by atoms with Gasteiger partial charge in [-0.15, -0.1) is 0 Å². The van der Waals surface area contributed by atoms with E-state index < -0.39 is 4.92 Å². The zero-order valence-electron chi connectivity index (χ0n) is 14.7. The fourth-order valence-electron chi connectivity index (χ4n) is 1.96. The normalized spacial score (nSPS) is 9.08. The number of nitrogens with one attached hydrogen (secondary N) is 1. The number of hydrogen-bond donors (Lipinski definition) is 1. The van der Waals surface area contributed by atoms with Gasteiger partial charge in [-0.2, -0.15) is 0 Å². The quantitative estimate of drug-likeness (QED) is 0.496. The first kappa shape index (κ1) is 19.9. The third-order valence-electron chi connectivity index (χ3n) is 3.08. The SMILES string of the molecule is CC.CCCC(=O)Nc1ccc([N+](=O)[O-])cc1C#Cc1ccccc1. The predicted octanol–water partition coefficient (Wildman–Crippen LogP) is 4.76. The molecule has 5 heteroatoms. The van der Waals surface area contributed by atoms with Crippen molar-refractivity contribution in [3.05, 3.63) is 69.8 Å². The lowest BCUT2D eigenvalue weighted by molar-refractivity contribution is -0.384. The largest absolute Gasteiger partial charge is 0.325 e. The minimum atomic E-state index is -0.481. The van der Waals surface area contributed by atoms with Crippen LogP contribution in [-0.4, -0.2) is 10.8 Å². The highest BCUT2D eigenvalue weighted by Gasteiger charge is 2.11. The monoisotopic (exact) mass is 338 g/mol. The van der Waals surface area contributed by atoms with Crippen LogP contribution in [0.4, 0.5) is 11.4 Å². The molecular formula is C20H22N2O3. The van der Waals surface area contributed by atoms with E-state index in [0.29, 0.717) is 17.7 Å². The summed E-state index contributed by atoms with van der Waals surface area (Å²) in [5.41, 5.74) is 1.64. The van der Waals surface area contributed by atoms with Gasteiger partial charge < -0.3 is 5.32 Å². The molecule has 0 spiro atoms. The summed E-state index contributed by atoms with van der Waals surface area (Å²) in [4.78, 5) is 22.2. The number of nitro groups is 1. The van der Waals surface area contributed by atoms with Crippen LogP contribution in [0.2, 0.25) is 0 Å². The summed E-state index contributed by atoms with van der Waals surface area (Å²) in [7, 11) is 0. The summed E-state index contributed by atoms with van der Waals surface area (Å²) in [5.74, 6) is 5.72. The molecule has 0 aliphatic carbocycles. The third-order valence-corrected chi connectivity index (χ3v) is 3.08. The molecule has 1 amide bonds. The number of anilines is 1. The van der Waals surface area contributed by atoms with E-state index in [4.69, 9.17) is 0 Å². The van der Waals surface area contributed by atoms with Crippen LogP contribution in [0.5, 0.6) is 0 Å². The van der Waals surface area contributed by atoms with Crippen LogP contribution >= 0.6 is 0 Å². The molecule has 2 aromatic carbocycles. The van der Waals surface area contributed by atoms with Crippen molar-refractivity contribution >= 4 is 17.3 Å². The lowest BCUT2D eigenvalue weighted by atomic mass is 10.1. The van der Waals surface area contributed by atoms with Gasteiger partial charge in [0.25, 0.3) is 5.69 Å². The van der Waals surface area contributed by atoms with Crippen molar-refractivity contribution in [2.45, 2.75) is 33.6 Å². The molecule has 2 aromatic rings. The second-order valence-electron chi connectivity index (χ2n) is 4.90. The van der Waals surface area contributed by atoms with Crippen LogP contribution in [0.1, 0.15) is 44.7 Å². The van der Waals surface area contributed by atoms with Gasteiger partial charge in [-0.3, -0.25) is 14.9 Å². The van der Waals surface area contributed by atoms with Crippen LogP contribution in [0.3, 0.4) is 0 Å². The van der Waals surface area contributed by atoms with Gasteiger partial charge in [0.15, 0.2) is 0 Å². The number of nitro benzene ring substituents is 1. The van der Waals surface area contributed by atoms with Crippen molar-refractivity contribution in [1.29, 1.82) is 0 Å². The number of non-ortho nitro benzene ring substituents is 1.